The summed E-state index contributed by atoms with van der Waals surface area (Å²) in [5.74, 6) is -2.70. The number of alkyl halides is 2. The minimum atomic E-state index is -2.70. The van der Waals surface area contributed by atoms with E-state index in [9.17, 15) is 8.78 Å². The van der Waals surface area contributed by atoms with Gasteiger partial charge >= 0.3 is 0 Å². The standard InChI is InChI=1S/C16H13F2N/c17-16(18)11-15(16,13-7-3-1-4-8-13)12-19-14-9-5-2-6-10-14/h1-10,12H,11H2. The molecule has 1 aliphatic rings. The van der Waals surface area contributed by atoms with Gasteiger partial charge in [0.2, 0.25) is 0 Å². The SMILES string of the molecule is FC1(F)CC1(C=Nc1ccccc1)c1ccccc1. The van der Waals surface area contributed by atoms with E-state index in [0.717, 1.165) is 0 Å². The molecule has 0 heterocycles. The molecule has 3 heteroatoms. The van der Waals surface area contributed by atoms with E-state index in [1.54, 1.807) is 36.4 Å². The molecule has 3 rings (SSSR count). The second-order valence-corrected chi connectivity index (χ2v) is 4.81. The van der Waals surface area contributed by atoms with Crippen molar-refractivity contribution in [1.82, 2.24) is 0 Å². The summed E-state index contributed by atoms with van der Waals surface area (Å²) in [6, 6.07) is 18.0. The maximum Gasteiger partial charge on any atom is 0.264 e. The number of para-hydroxylation sites is 1. The zero-order valence-corrected chi connectivity index (χ0v) is 10.3. The maximum absolute atomic E-state index is 13.7. The molecule has 96 valence electrons. The highest BCUT2D eigenvalue weighted by Gasteiger charge is 2.71. The van der Waals surface area contributed by atoms with E-state index in [0.29, 0.717) is 11.3 Å². The molecular weight excluding hydrogens is 244 g/mol. The molecule has 0 spiro atoms. The predicted octanol–water partition coefficient (Wildman–Crippen LogP) is 4.37. The van der Waals surface area contributed by atoms with Gasteiger partial charge in [0.15, 0.2) is 0 Å². The summed E-state index contributed by atoms with van der Waals surface area (Å²) in [5, 5.41) is 0. The third-order valence-corrected chi connectivity index (χ3v) is 3.51. The number of rotatable bonds is 3. The Morgan fingerprint density at radius 3 is 1.95 bits per heavy atom. The van der Waals surface area contributed by atoms with E-state index in [-0.39, 0.29) is 6.42 Å². The van der Waals surface area contributed by atoms with E-state index in [4.69, 9.17) is 0 Å². The summed E-state index contributed by atoms with van der Waals surface area (Å²) in [5.41, 5.74) is 0.0876. The van der Waals surface area contributed by atoms with Gasteiger partial charge in [0.05, 0.1) is 11.1 Å². The van der Waals surface area contributed by atoms with Crippen LogP contribution in [-0.2, 0) is 5.41 Å². The van der Waals surface area contributed by atoms with Crippen LogP contribution in [0.2, 0.25) is 0 Å². The van der Waals surface area contributed by atoms with Crippen molar-refractivity contribution in [3.63, 3.8) is 0 Å². The molecule has 2 aromatic rings. The molecule has 1 aliphatic carbocycles. The molecule has 1 atom stereocenters. The first-order valence-corrected chi connectivity index (χ1v) is 6.18. The fraction of sp³-hybridized carbons (Fsp3) is 0.188. The van der Waals surface area contributed by atoms with Crippen LogP contribution in [0, 0.1) is 0 Å². The van der Waals surface area contributed by atoms with Gasteiger partial charge in [0.25, 0.3) is 5.92 Å². The number of hydrogen-bond acceptors (Lipinski definition) is 1. The lowest BCUT2D eigenvalue weighted by molar-refractivity contribution is 0.103. The fourth-order valence-corrected chi connectivity index (χ4v) is 2.27. The number of aliphatic imine (C=N–C) groups is 1. The van der Waals surface area contributed by atoms with Gasteiger partial charge < -0.3 is 0 Å². The Hall–Kier alpha value is -2.03. The van der Waals surface area contributed by atoms with Gasteiger partial charge in [0.1, 0.15) is 0 Å². The maximum atomic E-state index is 13.7. The Balaban J connectivity index is 1.94. The van der Waals surface area contributed by atoms with Gasteiger partial charge in [-0.2, -0.15) is 0 Å². The van der Waals surface area contributed by atoms with E-state index < -0.39 is 11.3 Å². The summed E-state index contributed by atoms with van der Waals surface area (Å²) in [4.78, 5) is 4.21. The lowest BCUT2D eigenvalue weighted by Gasteiger charge is -2.11. The van der Waals surface area contributed by atoms with E-state index in [1.165, 1.54) is 6.21 Å². The average molecular weight is 257 g/mol. The Labute approximate surface area is 110 Å². The summed E-state index contributed by atoms with van der Waals surface area (Å²) >= 11 is 0. The minimum Gasteiger partial charge on any atom is -0.260 e. The summed E-state index contributed by atoms with van der Waals surface area (Å²) in [6.45, 7) is 0. The van der Waals surface area contributed by atoms with Gasteiger partial charge in [-0.3, -0.25) is 4.99 Å². The third kappa shape index (κ3) is 2.05. The molecule has 1 saturated carbocycles. The normalized spacial score (nSPS) is 24.5. The molecular formula is C16H13F2N. The Morgan fingerprint density at radius 1 is 0.895 bits per heavy atom. The summed E-state index contributed by atoms with van der Waals surface area (Å²) < 4.78 is 27.5. The number of benzene rings is 2. The fourth-order valence-electron chi connectivity index (χ4n) is 2.27. The van der Waals surface area contributed by atoms with Crippen molar-refractivity contribution in [3.05, 3.63) is 66.2 Å². The lowest BCUT2D eigenvalue weighted by Crippen LogP contribution is -2.17. The number of hydrogen-bond donors (Lipinski definition) is 0. The van der Waals surface area contributed by atoms with E-state index in [1.807, 2.05) is 24.3 Å². The van der Waals surface area contributed by atoms with Crippen molar-refractivity contribution < 1.29 is 8.78 Å². The molecule has 0 aromatic heterocycles. The second-order valence-electron chi connectivity index (χ2n) is 4.81. The van der Waals surface area contributed by atoms with Crippen LogP contribution in [0.5, 0.6) is 0 Å². The molecule has 0 N–H and O–H groups in total. The molecule has 0 aliphatic heterocycles. The van der Waals surface area contributed by atoms with Crippen LogP contribution in [0.1, 0.15) is 12.0 Å². The van der Waals surface area contributed by atoms with Crippen molar-refractivity contribution >= 4 is 11.9 Å². The quantitative estimate of drug-likeness (QED) is 0.724. The Kier molecular flexibility index (Phi) is 2.70. The van der Waals surface area contributed by atoms with Gasteiger partial charge in [-0.1, -0.05) is 48.5 Å². The van der Waals surface area contributed by atoms with Crippen LogP contribution >= 0.6 is 0 Å². The smallest absolute Gasteiger partial charge is 0.260 e. The van der Waals surface area contributed by atoms with Crippen molar-refractivity contribution in [2.75, 3.05) is 0 Å². The van der Waals surface area contributed by atoms with Crippen molar-refractivity contribution in [2.45, 2.75) is 17.8 Å². The van der Waals surface area contributed by atoms with Crippen LogP contribution in [0.3, 0.4) is 0 Å². The van der Waals surface area contributed by atoms with Gasteiger partial charge in [-0.25, -0.2) is 8.78 Å². The topological polar surface area (TPSA) is 12.4 Å². The first-order valence-electron chi connectivity index (χ1n) is 6.18. The lowest BCUT2D eigenvalue weighted by atomic mass is 9.96. The molecule has 0 saturated heterocycles. The van der Waals surface area contributed by atoms with Crippen LogP contribution in [0.25, 0.3) is 0 Å². The van der Waals surface area contributed by atoms with Gasteiger partial charge in [-0.05, 0) is 17.7 Å². The van der Waals surface area contributed by atoms with Crippen molar-refractivity contribution in [1.29, 1.82) is 0 Å². The van der Waals surface area contributed by atoms with E-state index >= 15 is 0 Å². The highest BCUT2D eigenvalue weighted by Crippen LogP contribution is 2.60. The molecule has 0 bridgehead atoms. The average Bonchev–Trinajstić information content (AvgIpc) is 3.02. The minimum absolute atomic E-state index is 0.166. The molecule has 2 aromatic carbocycles. The summed E-state index contributed by atoms with van der Waals surface area (Å²) in [7, 11) is 0. The van der Waals surface area contributed by atoms with Gasteiger partial charge in [-0.15, -0.1) is 0 Å². The third-order valence-electron chi connectivity index (χ3n) is 3.51. The predicted molar refractivity (Wildman–Crippen MR) is 72.3 cm³/mol. The molecule has 19 heavy (non-hydrogen) atoms. The second kappa shape index (κ2) is 4.26. The van der Waals surface area contributed by atoms with E-state index in [2.05, 4.69) is 4.99 Å². The molecule has 1 unspecified atom stereocenters. The molecule has 0 amide bonds. The first kappa shape index (κ1) is 12.0. The number of nitrogens with zero attached hydrogens (tertiary/aromatic N) is 1. The van der Waals surface area contributed by atoms with Crippen molar-refractivity contribution in [2.24, 2.45) is 4.99 Å². The van der Waals surface area contributed by atoms with Crippen LogP contribution in [-0.4, -0.2) is 12.1 Å². The van der Waals surface area contributed by atoms with Crippen LogP contribution in [0.4, 0.5) is 14.5 Å². The zero-order chi connectivity index (χ0) is 13.3. The Morgan fingerprint density at radius 2 is 1.42 bits per heavy atom. The van der Waals surface area contributed by atoms with Gasteiger partial charge in [0, 0.05) is 12.6 Å². The van der Waals surface area contributed by atoms with Crippen LogP contribution < -0.4 is 0 Å². The monoisotopic (exact) mass is 257 g/mol. The largest absolute Gasteiger partial charge is 0.264 e. The summed E-state index contributed by atoms with van der Waals surface area (Å²) in [6.07, 6.45) is 1.23. The molecule has 0 radical (unpaired) electrons. The molecule has 1 nitrogen and oxygen atoms in total. The molecule has 1 fully saturated rings. The van der Waals surface area contributed by atoms with Crippen molar-refractivity contribution in [3.8, 4) is 0 Å². The van der Waals surface area contributed by atoms with Crippen LogP contribution in [0.15, 0.2) is 65.7 Å². The number of halogens is 2. The Bertz CT molecular complexity index is 593. The first-order chi connectivity index (χ1) is 9.14. The zero-order valence-electron chi connectivity index (χ0n) is 10.3. The highest BCUT2D eigenvalue weighted by atomic mass is 19.3. The highest BCUT2D eigenvalue weighted by molar-refractivity contribution is 5.83.